The lowest BCUT2D eigenvalue weighted by Gasteiger charge is -2.19. The van der Waals surface area contributed by atoms with Crippen LogP contribution in [0.3, 0.4) is 0 Å². The lowest BCUT2D eigenvalue weighted by molar-refractivity contribution is 0.0528. The van der Waals surface area contributed by atoms with Crippen molar-refractivity contribution in [1.82, 2.24) is 4.72 Å². The van der Waals surface area contributed by atoms with Crippen LogP contribution in [0.1, 0.15) is 41.6 Å². The molecule has 0 atom stereocenters. The predicted octanol–water partition coefficient (Wildman–Crippen LogP) is 5.60. The SMILES string of the molecule is CCOC(=O)c1c(-c2ccc(Oc3ccccc3)cc2)oc2cc(N3CCNS3(=O)=O)c(C3CC3)cc12. The molecule has 1 saturated carbocycles. The van der Waals surface area contributed by atoms with Crippen LogP contribution < -0.4 is 13.8 Å². The summed E-state index contributed by atoms with van der Waals surface area (Å²) in [5.41, 5.74) is 2.96. The third kappa shape index (κ3) is 4.45. The number of anilines is 1. The molecule has 4 aromatic rings. The monoisotopic (exact) mass is 518 g/mol. The maximum atomic E-state index is 13.1. The van der Waals surface area contributed by atoms with E-state index in [2.05, 4.69) is 4.72 Å². The first kappa shape index (κ1) is 23.6. The summed E-state index contributed by atoms with van der Waals surface area (Å²) >= 11 is 0. The summed E-state index contributed by atoms with van der Waals surface area (Å²) in [6.45, 7) is 2.67. The number of furan rings is 1. The summed E-state index contributed by atoms with van der Waals surface area (Å²) in [7, 11) is -3.61. The molecule has 9 heteroatoms. The first-order valence-electron chi connectivity index (χ1n) is 12.3. The van der Waals surface area contributed by atoms with E-state index in [0.717, 1.165) is 24.2 Å². The van der Waals surface area contributed by atoms with Gasteiger partial charge in [-0.1, -0.05) is 18.2 Å². The van der Waals surface area contributed by atoms with Crippen molar-refractivity contribution in [2.45, 2.75) is 25.7 Å². The molecule has 6 rings (SSSR count). The zero-order valence-corrected chi connectivity index (χ0v) is 21.1. The van der Waals surface area contributed by atoms with Gasteiger partial charge in [-0.2, -0.15) is 13.1 Å². The van der Waals surface area contributed by atoms with Crippen molar-refractivity contribution < 1.29 is 27.1 Å². The molecule has 1 aliphatic carbocycles. The lowest BCUT2D eigenvalue weighted by Crippen LogP contribution is -2.30. The van der Waals surface area contributed by atoms with Gasteiger partial charge in [-0.3, -0.25) is 4.31 Å². The number of esters is 1. The van der Waals surface area contributed by atoms with E-state index in [0.29, 0.717) is 52.4 Å². The Bertz CT molecular complexity index is 1570. The Morgan fingerprint density at radius 2 is 1.78 bits per heavy atom. The fraction of sp³-hybridized carbons (Fsp3) is 0.250. The summed E-state index contributed by atoms with van der Waals surface area (Å²) < 4.78 is 46.8. The molecule has 0 amide bonds. The predicted molar refractivity (Wildman–Crippen MR) is 140 cm³/mol. The van der Waals surface area contributed by atoms with Gasteiger partial charge in [-0.15, -0.1) is 0 Å². The third-order valence-corrected chi connectivity index (χ3v) is 8.12. The second-order valence-corrected chi connectivity index (χ2v) is 10.8. The van der Waals surface area contributed by atoms with Crippen LogP contribution in [0.25, 0.3) is 22.3 Å². The molecule has 2 fully saturated rings. The fourth-order valence-corrected chi connectivity index (χ4v) is 5.97. The van der Waals surface area contributed by atoms with Crippen LogP contribution in [0.4, 0.5) is 5.69 Å². The quantitative estimate of drug-likeness (QED) is 0.320. The van der Waals surface area contributed by atoms with Crippen LogP contribution in [0.2, 0.25) is 0 Å². The Hall–Kier alpha value is -3.82. The largest absolute Gasteiger partial charge is 0.462 e. The topological polar surface area (TPSA) is 98.1 Å². The molecule has 1 aromatic heterocycles. The van der Waals surface area contributed by atoms with E-state index in [-0.39, 0.29) is 12.5 Å². The van der Waals surface area contributed by atoms with E-state index in [1.165, 1.54) is 4.31 Å². The zero-order chi connectivity index (χ0) is 25.6. The first-order chi connectivity index (χ1) is 17.9. The van der Waals surface area contributed by atoms with Crippen molar-refractivity contribution in [2.75, 3.05) is 24.0 Å². The summed E-state index contributed by atoms with van der Waals surface area (Å²) in [4.78, 5) is 13.1. The highest BCUT2D eigenvalue weighted by Crippen LogP contribution is 2.48. The molecule has 2 aliphatic rings. The van der Waals surface area contributed by atoms with E-state index in [9.17, 15) is 13.2 Å². The smallest absolute Gasteiger partial charge is 0.342 e. The Balaban J connectivity index is 1.46. The summed E-state index contributed by atoms with van der Waals surface area (Å²) in [5, 5.41) is 0.619. The van der Waals surface area contributed by atoms with Crippen LogP contribution in [0.5, 0.6) is 11.5 Å². The summed E-state index contributed by atoms with van der Waals surface area (Å²) in [6.07, 6.45) is 1.95. The normalized spacial score (nSPS) is 16.7. The maximum absolute atomic E-state index is 13.1. The van der Waals surface area contributed by atoms with E-state index in [1.807, 2.05) is 60.7 Å². The number of hydrogen-bond acceptors (Lipinski definition) is 6. The molecule has 3 aromatic carbocycles. The Labute approximate surface area is 215 Å². The van der Waals surface area contributed by atoms with E-state index < -0.39 is 16.2 Å². The Morgan fingerprint density at radius 1 is 1.05 bits per heavy atom. The van der Waals surface area contributed by atoms with E-state index in [1.54, 1.807) is 13.0 Å². The molecule has 1 aliphatic heterocycles. The molecular formula is C28H26N2O6S. The highest BCUT2D eigenvalue weighted by Gasteiger charge is 2.36. The highest BCUT2D eigenvalue weighted by atomic mass is 32.2. The van der Waals surface area contributed by atoms with Crippen LogP contribution in [-0.2, 0) is 14.9 Å². The molecule has 0 spiro atoms. The highest BCUT2D eigenvalue weighted by molar-refractivity contribution is 7.91. The van der Waals surface area contributed by atoms with Gasteiger partial charge in [0.1, 0.15) is 28.4 Å². The van der Waals surface area contributed by atoms with E-state index >= 15 is 0 Å². The van der Waals surface area contributed by atoms with Crippen LogP contribution >= 0.6 is 0 Å². The maximum Gasteiger partial charge on any atom is 0.342 e. The van der Waals surface area contributed by atoms with Crippen molar-refractivity contribution in [2.24, 2.45) is 0 Å². The molecule has 1 N–H and O–H groups in total. The van der Waals surface area contributed by atoms with Crippen LogP contribution in [0, 0.1) is 0 Å². The molecule has 0 radical (unpaired) electrons. The van der Waals surface area contributed by atoms with Gasteiger partial charge in [-0.25, -0.2) is 4.79 Å². The third-order valence-electron chi connectivity index (χ3n) is 6.59. The number of fused-ring (bicyclic) bond motifs is 1. The van der Waals surface area contributed by atoms with Crippen molar-refractivity contribution >= 4 is 32.8 Å². The fourth-order valence-electron chi connectivity index (χ4n) is 4.72. The number of para-hydroxylation sites is 1. The minimum atomic E-state index is -3.61. The van der Waals surface area contributed by atoms with Gasteiger partial charge in [0.2, 0.25) is 0 Å². The van der Waals surface area contributed by atoms with Gasteiger partial charge < -0.3 is 13.9 Å². The van der Waals surface area contributed by atoms with Gasteiger partial charge in [-0.05, 0) is 73.7 Å². The average molecular weight is 519 g/mol. The Kier molecular flexibility index (Phi) is 5.89. The first-order valence-corrected chi connectivity index (χ1v) is 13.8. The minimum absolute atomic E-state index is 0.222. The number of rotatable bonds is 7. The van der Waals surface area contributed by atoms with Crippen molar-refractivity contribution in [1.29, 1.82) is 0 Å². The number of ether oxygens (including phenoxy) is 2. The molecule has 2 heterocycles. The lowest BCUT2D eigenvalue weighted by atomic mass is 10.0. The standard InChI is InChI=1S/C28H26N2O6S/c1-2-34-28(31)26-23-16-22(18-8-9-18)24(30-15-14-29-37(30,32)33)17-25(23)36-27(26)19-10-12-21(13-11-19)35-20-6-4-3-5-7-20/h3-7,10-13,16-18,29H,2,8-9,14-15H2,1H3. The number of nitrogens with zero attached hydrogens (tertiary/aromatic N) is 1. The number of carbonyl (C=O) groups is 1. The molecule has 8 nitrogen and oxygen atoms in total. The average Bonchev–Trinajstić information content (AvgIpc) is 3.58. The minimum Gasteiger partial charge on any atom is -0.462 e. The molecule has 0 bridgehead atoms. The van der Waals surface area contributed by atoms with Crippen LogP contribution in [0.15, 0.2) is 71.1 Å². The van der Waals surface area contributed by atoms with Gasteiger partial charge in [0.05, 0.1) is 12.3 Å². The molecule has 0 unspecified atom stereocenters. The molecule has 190 valence electrons. The number of hydrogen-bond donors (Lipinski definition) is 1. The zero-order valence-electron chi connectivity index (χ0n) is 20.3. The summed E-state index contributed by atoms with van der Waals surface area (Å²) in [6, 6.07) is 20.4. The van der Waals surface area contributed by atoms with Gasteiger partial charge in [0, 0.05) is 30.1 Å². The number of benzene rings is 3. The Morgan fingerprint density at radius 3 is 2.43 bits per heavy atom. The van der Waals surface area contributed by atoms with E-state index in [4.69, 9.17) is 13.9 Å². The molecule has 37 heavy (non-hydrogen) atoms. The van der Waals surface area contributed by atoms with Gasteiger partial charge >= 0.3 is 16.2 Å². The van der Waals surface area contributed by atoms with Crippen LogP contribution in [-0.4, -0.2) is 34.1 Å². The van der Waals surface area contributed by atoms with Gasteiger partial charge in [0.15, 0.2) is 0 Å². The van der Waals surface area contributed by atoms with Crippen molar-refractivity contribution in [3.63, 3.8) is 0 Å². The van der Waals surface area contributed by atoms with Crippen molar-refractivity contribution in [3.8, 4) is 22.8 Å². The van der Waals surface area contributed by atoms with Crippen molar-refractivity contribution in [3.05, 3.63) is 77.9 Å². The van der Waals surface area contributed by atoms with Gasteiger partial charge in [0.25, 0.3) is 0 Å². The number of nitrogens with one attached hydrogen (secondary N) is 1. The summed E-state index contributed by atoms with van der Waals surface area (Å²) in [5.74, 6) is 1.51. The molecule has 1 saturated heterocycles. The second-order valence-electron chi connectivity index (χ2n) is 9.12. The number of carbonyl (C=O) groups excluding carboxylic acids is 1. The molecular weight excluding hydrogens is 492 g/mol. The second kappa shape index (κ2) is 9.24.